The van der Waals surface area contributed by atoms with Gasteiger partial charge in [0.25, 0.3) is 17.7 Å². The molecule has 3 aromatic rings. The van der Waals surface area contributed by atoms with Crippen molar-refractivity contribution in [2.45, 2.75) is 25.2 Å². The highest BCUT2D eigenvalue weighted by Gasteiger charge is 2.38. The molecule has 4 rings (SSSR count). The molecule has 0 atom stereocenters. The fourth-order valence-electron chi connectivity index (χ4n) is 3.85. The minimum atomic E-state index is -0.364. The van der Waals surface area contributed by atoms with Crippen LogP contribution >= 0.6 is 23.4 Å². The summed E-state index contributed by atoms with van der Waals surface area (Å²) < 4.78 is 5.09. The maximum absolute atomic E-state index is 13.3. The highest BCUT2D eigenvalue weighted by molar-refractivity contribution is 8.04. The molecule has 1 heterocycles. The van der Waals surface area contributed by atoms with Gasteiger partial charge in [0, 0.05) is 47.1 Å². The summed E-state index contributed by atoms with van der Waals surface area (Å²) in [4.78, 5) is 41.4. The van der Waals surface area contributed by atoms with E-state index in [1.54, 1.807) is 55.6 Å². The van der Waals surface area contributed by atoms with Gasteiger partial charge in [0.1, 0.15) is 10.6 Å². The Hall–Kier alpha value is -3.59. The Bertz CT molecular complexity index is 1410. The minimum absolute atomic E-state index is 0.249. The Balaban J connectivity index is 1.55. The molecule has 0 bridgehead atoms. The summed E-state index contributed by atoms with van der Waals surface area (Å²) >= 11 is 7.20. The first-order chi connectivity index (χ1) is 18.3. The second-order valence-electron chi connectivity index (χ2n) is 8.83. The van der Waals surface area contributed by atoms with Crippen LogP contribution in [-0.4, -0.2) is 42.9 Å². The molecule has 38 heavy (non-hydrogen) atoms. The topological polar surface area (TPSA) is 87.7 Å². The summed E-state index contributed by atoms with van der Waals surface area (Å²) in [5.74, 6) is -0.989. The van der Waals surface area contributed by atoms with E-state index in [0.29, 0.717) is 34.2 Å². The molecule has 0 fully saturated rings. The van der Waals surface area contributed by atoms with Gasteiger partial charge in [0.05, 0.1) is 0 Å². The van der Waals surface area contributed by atoms with Gasteiger partial charge in [-0.1, -0.05) is 35.5 Å². The van der Waals surface area contributed by atoms with Gasteiger partial charge in [-0.25, -0.2) is 0 Å². The number of hydrogen-bond donors (Lipinski definition) is 2. The van der Waals surface area contributed by atoms with Gasteiger partial charge in [-0.15, -0.1) is 0 Å². The van der Waals surface area contributed by atoms with E-state index in [-0.39, 0.29) is 30.0 Å². The number of anilines is 2. The van der Waals surface area contributed by atoms with Crippen molar-refractivity contribution in [2.75, 3.05) is 30.9 Å². The first-order valence-electron chi connectivity index (χ1n) is 12.1. The molecule has 0 aromatic heterocycles. The van der Waals surface area contributed by atoms with Gasteiger partial charge in [-0.2, -0.15) is 0 Å². The smallest absolute Gasteiger partial charge is 0.278 e. The van der Waals surface area contributed by atoms with Crippen molar-refractivity contribution in [3.8, 4) is 0 Å². The number of amides is 3. The van der Waals surface area contributed by atoms with Crippen LogP contribution in [0.2, 0.25) is 5.02 Å². The van der Waals surface area contributed by atoms with Gasteiger partial charge in [-0.05, 0) is 86.0 Å². The molecule has 0 saturated carbocycles. The highest BCUT2D eigenvalue weighted by Crippen LogP contribution is 2.36. The zero-order valence-corrected chi connectivity index (χ0v) is 22.9. The third kappa shape index (κ3) is 6.45. The number of aryl methyl sites for hydroxylation is 2. The first kappa shape index (κ1) is 27.4. The van der Waals surface area contributed by atoms with Gasteiger partial charge >= 0.3 is 0 Å². The van der Waals surface area contributed by atoms with Crippen LogP contribution < -0.4 is 10.6 Å². The van der Waals surface area contributed by atoms with E-state index in [9.17, 15) is 14.4 Å². The van der Waals surface area contributed by atoms with E-state index in [2.05, 4.69) is 10.6 Å². The Morgan fingerprint density at radius 2 is 1.68 bits per heavy atom. The molecule has 0 spiro atoms. The molecule has 0 saturated heterocycles. The van der Waals surface area contributed by atoms with Crippen molar-refractivity contribution < 1.29 is 19.1 Å². The monoisotopic (exact) mass is 549 g/mol. The van der Waals surface area contributed by atoms with E-state index in [0.717, 1.165) is 21.7 Å². The lowest BCUT2D eigenvalue weighted by atomic mass is 10.1. The van der Waals surface area contributed by atoms with Crippen molar-refractivity contribution in [3.05, 3.63) is 99.0 Å². The number of carbonyl (C=O) groups excluding carboxylic acids is 3. The van der Waals surface area contributed by atoms with Crippen LogP contribution in [0.15, 0.2) is 82.2 Å². The SMILES string of the molecule is COCCCN1C(=O)C(Nc2ccc(C)c(C)c2)=C(Sc2ccc(NC(=O)c3cccc(Cl)c3)cc2)C1=O. The molecule has 7 nitrogen and oxygen atoms in total. The second kappa shape index (κ2) is 12.3. The number of methoxy groups -OCH3 is 1. The third-order valence-corrected chi connectivity index (χ3v) is 7.38. The lowest BCUT2D eigenvalue weighted by Crippen LogP contribution is -2.33. The van der Waals surface area contributed by atoms with E-state index >= 15 is 0 Å². The van der Waals surface area contributed by atoms with Gasteiger partial charge in [-0.3, -0.25) is 19.3 Å². The third-order valence-electron chi connectivity index (χ3n) is 6.05. The van der Waals surface area contributed by atoms with Crippen LogP contribution in [0, 0.1) is 13.8 Å². The van der Waals surface area contributed by atoms with Gasteiger partial charge in [0.15, 0.2) is 0 Å². The second-order valence-corrected chi connectivity index (χ2v) is 10.3. The number of rotatable bonds is 10. The fourth-order valence-corrected chi connectivity index (χ4v) is 4.99. The Morgan fingerprint density at radius 1 is 0.947 bits per heavy atom. The van der Waals surface area contributed by atoms with Crippen molar-refractivity contribution in [2.24, 2.45) is 0 Å². The van der Waals surface area contributed by atoms with E-state index in [1.807, 2.05) is 32.0 Å². The number of hydrogen-bond acceptors (Lipinski definition) is 6. The van der Waals surface area contributed by atoms with Crippen LogP contribution in [0.4, 0.5) is 11.4 Å². The molecule has 0 aliphatic carbocycles. The largest absolute Gasteiger partial charge is 0.385 e. The Kier molecular flexibility index (Phi) is 8.89. The highest BCUT2D eigenvalue weighted by atomic mass is 35.5. The predicted molar refractivity (Wildman–Crippen MR) is 151 cm³/mol. The molecule has 0 unspecified atom stereocenters. The molecule has 1 aliphatic rings. The molecular weight excluding hydrogens is 522 g/mol. The lowest BCUT2D eigenvalue weighted by molar-refractivity contribution is -0.137. The molecule has 0 radical (unpaired) electrons. The van der Waals surface area contributed by atoms with Gasteiger partial charge < -0.3 is 15.4 Å². The first-order valence-corrected chi connectivity index (χ1v) is 13.2. The number of carbonyl (C=O) groups is 3. The number of nitrogens with one attached hydrogen (secondary N) is 2. The zero-order valence-electron chi connectivity index (χ0n) is 21.3. The van der Waals surface area contributed by atoms with Crippen molar-refractivity contribution in [1.29, 1.82) is 0 Å². The minimum Gasteiger partial charge on any atom is -0.385 e. The molecule has 9 heteroatoms. The van der Waals surface area contributed by atoms with Crippen molar-refractivity contribution in [1.82, 2.24) is 4.90 Å². The summed E-state index contributed by atoms with van der Waals surface area (Å²) in [5.41, 5.74) is 4.24. The summed E-state index contributed by atoms with van der Waals surface area (Å²) in [6.45, 7) is 4.72. The number of ether oxygens (including phenoxy) is 1. The maximum atomic E-state index is 13.3. The number of imide groups is 1. The molecule has 1 aliphatic heterocycles. The van der Waals surface area contributed by atoms with E-state index in [4.69, 9.17) is 16.3 Å². The quantitative estimate of drug-likeness (QED) is 0.237. The predicted octanol–water partition coefficient (Wildman–Crippen LogP) is 6.03. The lowest BCUT2D eigenvalue weighted by Gasteiger charge is -2.15. The number of thioether (sulfide) groups is 1. The molecule has 2 N–H and O–H groups in total. The van der Waals surface area contributed by atoms with Crippen molar-refractivity contribution >= 4 is 52.5 Å². The molecule has 196 valence electrons. The number of halogens is 1. The molecule has 3 aromatic carbocycles. The Labute approximate surface area is 231 Å². The molecular formula is C29H28ClN3O4S. The summed E-state index contributed by atoms with van der Waals surface area (Å²) in [6, 6.07) is 19.6. The average molecular weight is 550 g/mol. The average Bonchev–Trinajstić information content (AvgIpc) is 3.11. The summed E-state index contributed by atoms with van der Waals surface area (Å²) in [6.07, 6.45) is 0.546. The standard InChI is InChI=1S/C29H28ClN3O4S/c1-18-8-9-23(16-19(18)2)31-25-26(29(36)33(28(25)35)14-5-15-37-3)38-24-12-10-22(11-13-24)32-27(34)20-6-4-7-21(30)17-20/h4,6-13,16-17,31H,5,14-15H2,1-3H3,(H,32,34). The number of nitrogens with zero attached hydrogens (tertiary/aromatic N) is 1. The van der Waals surface area contributed by atoms with Crippen LogP contribution in [0.5, 0.6) is 0 Å². The van der Waals surface area contributed by atoms with Crippen LogP contribution in [0.25, 0.3) is 0 Å². The Morgan fingerprint density at radius 3 is 2.37 bits per heavy atom. The zero-order chi connectivity index (χ0) is 27.2. The summed E-state index contributed by atoms with van der Waals surface area (Å²) in [5, 5.41) is 6.51. The number of benzene rings is 3. The van der Waals surface area contributed by atoms with Crippen LogP contribution in [0.1, 0.15) is 27.9 Å². The fraction of sp³-hybridized carbons (Fsp3) is 0.207. The van der Waals surface area contributed by atoms with E-state index < -0.39 is 0 Å². The van der Waals surface area contributed by atoms with Crippen LogP contribution in [-0.2, 0) is 14.3 Å². The van der Waals surface area contributed by atoms with E-state index in [1.165, 1.54) is 16.7 Å². The molecule has 3 amide bonds. The normalized spacial score (nSPS) is 13.3. The van der Waals surface area contributed by atoms with Crippen LogP contribution in [0.3, 0.4) is 0 Å². The summed E-state index contributed by atoms with van der Waals surface area (Å²) in [7, 11) is 1.58. The van der Waals surface area contributed by atoms with Gasteiger partial charge in [0.2, 0.25) is 0 Å². The van der Waals surface area contributed by atoms with Crippen molar-refractivity contribution in [3.63, 3.8) is 0 Å². The maximum Gasteiger partial charge on any atom is 0.278 e.